The summed E-state index contributed by atoms with van der Waals surface area (Å²) in [5.74, 6) is -0.0547. The SMILES string of the molecule is C=CC(=O)NCCCCCCC[CH2][Na]. The molecule has 0 fully saturated rings. The summed E-state index contributed by atoms with van der Waals surface area (Å²) >= 11 is 1.35. The second-order valence-corrected chi connectivity index (χ2v) is 4.62. The Morgan fingerprint density at radius 2 is 1.71 bits per heavy atom. The molecule has 0 heterocycles. The van der Waals surface area contributed by atoms with E-state index in [0.717, 1.165) is 13.0 Å². The molecule has 2 nitrogen and oxygen atoms in total. The molecular formula is C11H20NNaO. The van der Waals surface area contributed by atoms with Crippen molar-refractivity contribution in [2.45, 2.75) is 42.2 Å². The molecule has 0 aliphatic heterocycles. The van der Waals surface area contributed by atoms with E-state index in [9.17, 15) is 4.79 Å². The fraction of sp³-hybridized carbons (Fsp3) is 0.727. The van der Waals surface area contributed by atoms with Crippen LogP contribution in [0.5, 0.6) is 0 Å². The molecule has 1 N–H and O–H groups in total. The molecule has 0 aromatic rings. The van der Waals surface area contributed by atoms with E-state index in [4.69, 9.17) is 0 Å². The van der Waals surface area contributed by atoms with E-state index in [1.165, 1.54) is 69.8 Å². The zero-order chi connectivity index (χ0) is 10.6. The Labute approximate surface area is 105 Å². The number of amides is 1. The molecule has 0 saturated carbocycles. The fourth-order valence-electron chi connectivity index (χ4n) is 1.37. The second-order valence-electron chi connectivity index (χ2n) is 3.62. The van der Waals surface area contributed by atoms with Gasteiger partial charge in [-0.1, -0.05) is 0 Å². The third-order valence-electron chi connectivity index (χ3n) is 2.26. The fourth-order valence-corrected chi connectivity index (χ4v) is 1.87. The number of hydrogen-bond acceptors (Lipinski definition) is 1. The summed E-state index contributed by atoms with van der Waals surface area (Å²) in [4.78, 5) is 10.8. The van der Waals surface area contributed by atoms with Crippen LogP contribution in [0.25, 0.3) is 0 Å². The Kier molecular flexibility index (Phi) is 11.5. The summed E-state index contributed by atoms with van der Waals surface area (Å²) < 4.78 is 1.44. The Hall–Kier alpha value is 0.210. The average Bonchev–Trinajstić information content (AvgIpc) is 2.21. The van der Waals surface area contributed by atoms with Crippen LogP contribution in [0.1, 0.15) is 38.5 Å². The number of unbranched alkanes of at least 4 members (excludes halogenated alkanes) is 5. The molecule has 0 saturated heterocycles. The van der Waals surface area contributed by atoms with Crippen LogP contribution in [0.2, 0.25) is 3.67 Å². The summed E-state index contributed by atoms with van der Waals surface area (Å²) in [5.41, 5.74) is 0. The molecule has 14 heavy (non-hydrogen) atoms. The first kappa shape index (κ1) is 14.2. The van der Waals surface area contributed by atoms with Crippen molar-refractivity contribution in [1.82, 2.24) is 5.32 Å². The molecule has 0 radical (unpaired) electrons. The van der Waals surface area contributed by atoms with Gasteiger partial charge in [0.1, 0.15) is 0 Å². The van der Waals surface area contributed by atoms with Gasteiger partial charge in [-0.05, 0) is 0 Å². The van der Waals surface area contributed by atoms with Crippen molar-refractivity contribution in [3.05, 3.63) is 12.7 Å². The van der Waals surface area contributed by atoms with Crippen molar-refractivity contribution in [2.75, 3.05) is 6.54 Å². The van der Waals surface area contributed by atoms with Crippen molar-refractivity contribution in [3.63, 3.8) is 0 Å². The van der Waals surface area contributed by atoms with Crippen LogP contribution in [0.3, 0.4) is 0 Å². The third kappa shape index (κ3) is 10.3. The van der Waals surface area contributed by atoms with E-state index in [1.54, 1.807) is 0 Å². The first-order chi connectivity index (χ1) is 6.81. The van der Waals surface area contributed by atoms with Crippen LogP contribution in [-0.2, 0) is 4.79 Å². The van der Waals surface area contributed by atoms with Crippen LogP contribution in [-0.4, -0.2) is 40.4 Å². The standard InChI is InChI=1S/C11H20NO.Na/c1-3-5-6-7-8-9-10-12-11(13)4-2;/h4H,1-3,5-10H2,(H,12,13);. The minimum atomic E-state index is -0.0547. The van der Waals surface area contributed by atoms with Crippen LogP contribution < -0.4 is 5.32 Å². The summed E-state index contributed by atoms with van der Waals surface area (Å²) in [7, 11) is 0. The molecule has 0 rings (SSSR count). The molecule has 0 aromatic heterocycles. The molecule has 76 valence electrons. The van der Waals surface area contributed by atoms with E-state index in [0.29, 0.717) is 0 Å². The number of carbonyl (C=O) groups is 1. The van der Waals surface area contributed by atoms with Gasteiger partial charge in [0.05, 0.1) is 0 Å². The topological polar surface area (TPSA) is 29.1 Å². The van der Waals surface area contributed by atoms with Crippen LogP contribution in [0.4, 0.5) is 0 Å². The second kappa shape index (κ2) is 11.3. The van der Waals surface area contributed by atoms with Crippen molar-refractivity contribution in [3.8, 4) is 0 Å². The summed E-state index contributed by atoms with van der Waals surface area (Å²) in [6.45, 7) is 4.20. The maximum atomic E-state index is 10.8. The molecule has 0 aliphatic carbocycles. The summed E-state index contributed by atoms with van der Waals surface area (Å²) in [6.07, 6.45) is 9.13. The van der Waals surface area contributed by atoms with Gasteiger partial charge in [-0.25, -0.2) is 0 Å². The van der Waals surface area contributed by atoms with Gasteiger partial charge < -0.3 is 0 Å². The van der Waals surface area contributed by atoms with E-state index in [1.807, 2.05) is 0 Å². The van der Waals surface area contributed by atoms with Crippen molar-refractivity contribution in [1.29, 1.82) is 0 Å². The Bertz CT molecular complexity index is 159. The molecular weight excluding hydrogens is 185 g/mol. The number of nitrogens with one attached hydrogen (secondary N) is 1. The Balaban J connectivity index is 2.99. The number of rotatable bonds is 9. The molecule has 0 bridgehead atoms. The van der Waals surface area contributed by atoms with Crippen LogP contribution in [0, 0.1) is 0 Å². The predicted molar refractivity (Wildman–Crippen MR) is 61.5 cm³/mol. The maximum absolute atomic E-state index is 10.8. The quantitative estimate of drug-likeness (QED) is 0.349. The van der Waals surface area contributed by atoms with Gasteiger partial charge in [0.25, 0.3) is 0 Å². The number of hydrogen-bond donors (Lipinski definition) is 1. The molecule has 3 heteroatoms. The minimum absolute atomic E-state index is 0.0547. The molecule has 0 atom stereocenters. The van der Waals surface area contributed by atoms with Crippen molar-refractivity contribution >= 4 is 33.8 Å². The summed E-state index contributed by atoms with van der Waals surface area (Å²) in [5, 5.41) is 2.78. The molecule has 1 amide bonds. The third-order valence-corrected chi connectivity index (χ3v) is 2.97. The Morgan fingerprint density at radius 1 is 1.14 bits per heavy atom. The Morgan fingerprint density at radius 3 is 2.29 bits per heavy atom. The predicted octanol–water partition coefficient (Wildman–Crippen LogP) is 2.22. The van der Waals surface area contributed by atoms with Crippen molar-refractivity contribution < 1.29 is 4.79 Å². The first-order valence-electron chi connectivity index (χ1n) is 5.71. The normalized spacial score (nSPS) is 9.86. The zero-order valence-corrected chi connectivity index (χ0v) is 11.3. The number of carbonyl (C=O) groups excluding carboxylic acids is 1. The first-order valence-corrected chi connectivity index (χ1v) is 7.13. The van der Waals surface area contributed by atoms with E-state index < -0.39 is 0 Å². The average molecular weight is 205 g/mol. The molecule has 0 spiro atoms. The van der Waals surface area contributed by atoms with E-state index in [-0.39, 0.29) is 5.91 Å². The zero-order valence-electron chi connectivity index (χ0n) is 9.35. The monoisotopic (exact) mass is 205 g/mol. The summed E-state index contributed by atoms with van der Waals surface area (Å²) in [6, 6.07) is 0. The van der Waals surface area contributed by atoms with Gasteiger partial charge in [0.15, 0.2) is 0 Å². The van der Waals surface area contributed by atoms with Crippen LogP contribution in [0.15, 0.2) is 12.7 Å². The van der Waals surface area contributed by atoms with Gasteiger partial charge in [-0.2, -0.15) is 0 Å². The van der Waals surface area contributed by atoms with Crippen LogP contribution >= 0.6 is 0 Å². The van der Waals surface area contributed by atoms with Gasteiger partial charge in [-0.15, -0.1) is 0 Å². The van der Waals surface area contributed by atoms with Gasteiger partial charge in [-0.3, -0.25) is 0 Å². The van der Waals surface area contributed by atoms with Gasteiger partial charge in [0.2, 0.25) is 0 Å². The van der Waals surface area contributed by atoms with Crippen molar-refractivity contribution in [2.24, 2.45) is 0 Å². The van der Waals surface area contributed by atoms with Gasteiger partial charge in [0, 0.05) is 0 Å². The van der Waals surface area contributed by atoms with Gasteiger partial charge >= 0.3 is 105 Å². The van der Waals surface area contributed by atoms with E-state index in [2.05, 4.69) is 11.9 Å². The van der Waals surface area contributed by atoms with E-state index >= 15 is 0 Å². The molecule has 0 aliphatic rings. The molecule has 0 aromatic carbocycles. The molecule has 0 unspecified atom stereocenters.